The van der Waals surface area contributed by atoms with Gasteiger partial charge in [0.05, 0.1) is 6.61 Å². The van der Waals surface area contributed by atoms with E-state index in [4.69, 9.17) is 21.1 Å². The number of anilines is 1. The molecule has 17 heavy (non-hydrogen) atoms. The van der Waals surface area contributed by atoms with Gasteiger partial charge in [-0.3, -0.25) is 4.79 Å². The SMILES string of the molecule is COCC(C)OC(=O)CNc1cccc(Cl)c1. The Labute approximate surface area is 106 Å². The molecule has 0 aliphatic carbocycles. The third kappa shape index (κ3) is 5.56. The summed E-state index contributed by atoms with van der Waals surface area (Å²) in [5.41, 5.74) is 0.786. The third-order valence-corrected chi connectivity index (χ3v) is 2.23. The van der Waals surface area contributed by atoms with Crippen molar-refractivity contribution in [2.24, 2.45) is 0 Å². The second-order valence-corrected chi connectivity index (χ2v) is 4.06. The number of hydrogen-bond donors (Lipinski definition) is 1. The number of ether oxygens (including phenoxy) is 2. The minimum Gasteiger partial charge on any atom is -0.459 e. The van der Waals surface area contributed by atoms with E-state index in [1.807, 2.05) is 12.1 Å². The van der Waals surface area contributed by atoms with Crippen molar-refractivity contribution in [3.63, 3.8) is 0 Å². The molecule has 0 aliphatic heterocycles. The Morgan fingerprint density at radius 1 is 1.53 bits per heavy atom. The van der Waals surface area contributed by atoms with Crippen LogP contribution in [0, 0.1) is 0 Å². The van der Waals surface area contributed by atoms with Crippen LogP contribution < -0.4 is 5.32 Å². The number of rotatable bonds is 6. The molecule has 0 bridgehead atoms. The van der Waals surface area contributed by atoms with Gasteiger partial charge >= 0.3 is 5.97 Å². The van der Waals surface area contributed by atoms with Gasteiger partial charge in [-0.1, -0.05) is 17.7 Å². The second-order valence-electron chi connectivity index (χ2n) is 3.62. The van der Waals surface area contributed by atoms with Crippen molar-refractivity contribution in [2.45, 2.75) is 13.0 Å². The van der Waals surface area contributed by atoms with Crippen LogP contribution in [0.15, 0.2) is 24.3 Å². The molecule has 0 spiro atoms. The molecule has 0 heterocycles. The molecule has 0 aromatic heterocycles. The molecule has 1 unspecified atom stereocenters. The lowest BCUT2D eigenvalue weighted by Gasteiger charge is -2.12. The third-order valence-electron chi connectivity index (χ3n) is 2.00. The van der Waals surface area contributed by atoms with Gasteiger partial charge in [-0.25, -0.2) is 0 Å². The summed E-state index contributed by atoms with van der Waals surface area (Å²) in [7, 11) is 1.56. The zero-order valence-corrected chi connectivity index (χ0v) is 10.7. The summed E-state index contributed by atoms with van der Waals surface area (Å²) in [4.78, 5) is 11.4. The number of nitrogens with one attached hydrogen (secondary N) is 1. The van der Waals surface area contributed by atoms with E-state index in [0.717, 1.165) is 5.69 Å². The number of methoxy groups -OCH3 is 1. The van der Waals surface area contributed by atoms with E-state index in [0.29, 0.717) is 11.6 Å². The minimum absolute atomic E-state index is 0.106. The van der Waals surface area contributed by atoms with Crippen LogP contribution in [-0.2, 0) is 14.3 Å². The maximum atomic E-state index is 11.4. The van der Waals surface area contributed by atoms with Crippen molar-refractivity contribution in [3.8, 4) is 0 Å². The molecule has 94 valence electrons. The van der Waals surface area contributed by atoms with Crippen molar-refractivity contribution in [1.29, 1.82) is 0 Å². The maximum Gasteiger partial charge on any atom is 0.325 e. The van der Waals surface area contributed by atoms with Crippen molar-refractivity contribution in [1.82, 2.24) is 0 Å². The second kappa shape index (κ2) is 7.14. The fourth-order valence-electron chi connectivity index (χ4n) is 1.31. The van der Waals surface area contributed by atoms with E-state index in [2.05, 4.69) is 5.32 Å². The van der Waals surface area contributed by atoms with Gasteiger partial charge in [0, 0.05) is 17.8 Å². The average molecular weight is 258 g/mol. The number of hydrogen-bond acceptors (Lipinski definition) is 4. The molecule has 1 atom stereocenters. The van der Waals surface area contributed by atoms with Gasteiger partial charge in [-0.05, 0) is 25.1 Å². The van der Waals surface area contributed by atoms with Crippen molar-refractivity contribution >= 4 is 23.3 Å². The molecule has 0 fully saturated rings. The monoisotopic (exact) mass is 257 g/mol. The molecule has 0 amide bonds. The summed E-state index contributed by atoms with van der Waals surface area (Å²) < 4.78 is 9.95. The van der Waals surface area contributed by atoms with Crippen LogP contribution in [-0.4, -0.2) is 32.3 Å². The molecule has 1 N–H and O–H groups in total. The predicted octanol–water partition coefficient (Wildman–Crippen LogP) is 2.33. The summed E-state index contributed by atoms with van der Waals surface area (Å²) in [6, 6.07) is 7.15. The van der Waals surface area contributed by atoms with Gasteiger partial charge in [0.1, 0.15) is 12.6 Å². The average Bonchev–Trinajstić information content (AvgIpc) is 2.27. The van der Waals surface area contributed by atoms with Crippen LogP contribution in [0.5, 0.6) is 0 Å². The quantitative estimate of drug-likeness (QED) is 0.795. The normalized spacial score (nSPS) is 11.9. The largest absolute Gasteiger partial charge is 0.459 e. The van der Waals surface area contributed by atoms with Gasteiger partial charge in [0.2, 0.25) is 0 Å². The van der Waals surface area contributed by atoms with Crippen LogP contribution in [0.25, 0.3) is 0 Å². The molecule has 0 saturated heterocycles. The Hall–Kier alpha value is -1.26. The Morgan fingerprint density at radius 3 is 2.94 bits per heavy atom. The molecular formula is C12H16ClNO3. The molecule has 0 aliphatic rings. The van der Waals surface area contributed by atoms with E-state index in [-0.39, 0.29) is 18.6 Å². The van der Waals surface area contributed by atoms with E-state index in [9.17, 15) is 4.79 Å². The topological polar surface area (TPSA) is 47.6 Å². The summed E-state index contributed by atoms with van der Waals surface area (Å²) >= 11 is 5.81. The van der Waals surface area contributed by atoms with Crippen LogP contribution >= 0.6 is 11.6 Å². The number of carbonyl (C=O) groups is 1. The molecule has 4 nitrogen and oxygen atoms in total. The fraction of sp³-hybridized carbons (Fsp3) is 0.417. The number of carbonyl (C=O) groups excluding carboxylic acids is 1. The summed E-state index contributed by atoms with van der Waals surface area (Å²) in [5.74, 6) is -0.325. The van der Waals surface area contributed by atoms with Crippen LogP contribution in [0.4, 0.5) is 5.69 Å². The lowest BCUT2D eigenvalue weighted by atomic mass is 10.3. The highest BCUT2D eigenvalue weighted by atomic mass is 35.5. The first-order valence-electron chi connectivity index (χ1n) is 5.29. The zero-order valence-electron chi connectivity index (χ0n) is 9.90. The Kier molecular flexibility index (Phi) is 5.80. The van der Waals surface area contributed by atoms with Crippen molar-refractivity contribution < 1.29 is 14.3 Å². The Bertz CT molecular complexity index is 371. The fourth-order valence-corrected chi connectivity index (χ4v) is 1.50. The Morgan fingerprint density at radius 2 is 2.29 bits per heavy atom. The lowest BCUT2D eigenvalue weighted by Crippen LogP contribution is -2.24. The minimum atomic E-state index is -0.325. The maximum absolute atomic E-state index is 11.4. The highest BCUT2D eigenvalue weighted by Crippen LogP contribution is 2.14. The molecule has 0 saturated carbocycles. The molecule has 1 aromatic rings. The van der Waals surface area contributed by atoms with Gasteiger partial charge in [0.15, 0.2) is 0 Å². The highest BCUT2D eigenvalue weighted by Gasteiger charge is 2.08. The molecule has 1 rings (SSSR count). The van der Waals surface area contributed by atoms with Crippen LogP contribution in [0.3, 0.4) is 0 Å². The van der Waals surface area contributed by atoms with Crippen LogP contribution in [0.2, 0.25) is 5.02 Å². The number of esters is 1. The van der Waals surface area contributed by atoms with Gasteiger partial charge < -0.3 is 14.8 Å². The van der Waals surface area contributed by atoms with Gasteiger partial charge in [-0.15, -0.1) is 0 Å². The van der Waals surface area contributed by atoms with Gasteiger partial charge in [0.25, 0.3) is 0 Å². The summed E-state index contributed by atoms with van der Waals surface area (Å²) in [6.07, 6.45) is -0.242. The number of halogens is 1. The van der Waals surface area contributed by atoms with Crippen molar-refractivity contribution in [3.05, 3.63) is 29.3 Å². The standard InChI is InChI=1S/C12H16ClNO3/c1-9(8-16-2)17-12(15)7-14-11-5-3-4-10(13)6-11/h3-6,9,14H,7-8H2,1-2H3. The lowest BCUT2D eigenvalue weighted by molar-refractivity contribution is -0.148. The Balaban J connectivity index is 2.33. The summed E-state index contributed by atoms with van der Waals surface area (Å²) in [5, 5.41) is 3.55. The summed E-state index contributed by atoms with van der Waals surface area (Å²) in [6.45, 7) is 2.28. The predicted molar refractivity (Wildman–Crippen MR) is 67.4 cm³/mol. The first kappa shape index (κ1) is 13.8. The van der Waals surface area contributed by atoms with E-state index in [1.54, 1.807) is 26.2 Å². The number of benzene rings is 1. The first-order chi connectivity index (χ1) is 8.11. The molecule has 1 aromatic carbocycles. The van der Waals surface area contributed by atoms with Crippen molar-refractivity contribution in [2.75, 3.05) is 25.6 Å². The molecule has 5 heteroatoms. The van der Waals surface area contributed by atoms with E-state index in [1.165, 1.54) is 0 Å². The van der Waals surface area contributed by atoms with E-state index < -0.39 is 0 Å². The van der Waals surface area contributed by atoms with E-state index >= 15 is 0 Å². The van der Waals surface area contributed by atoms with Gasteiger partial charge in [-0.2, -0.15) is 0 Å². The smallest absolute Gasteiger partial charge is 0.325 e. The highest BCUT2D eigenvalue weighted by molar-refractivity contribution is 6.30. The zero-order chi connectivity index (χ0) is 12.7. The molecule has 0 radical (unpaired) electrons. The first-order valence-corrected chi connectivity index (χ1v) is 5.67. The molecular weight excluding hydrogens is 242 g/mol. The van der Waals surface area contributed by atoms with Crippen LogP contribution in [0.1, 0.15) is 6.92 Å².